The first kappa shape index (κ1) is 25.3. The number of amides is 2. The summed E-state index contributed by atoms with van der Waals surface area (Å²) in [6.45, 7) is 7.26. The van der Waals surface area contributed by atoms with Crippen molar-refractivity contribution >= 4 is 18.0 Å². The van der Waals surface area contributed by atoms with Gasteiger partial charge in [0, 0.05) is 24.9 Å². The molecule has 0 radical (unpaired) electrons. The number of likely N-dealkylation sites (N-methyl/N-ethyl adjacent to an activating group) is 1. The van der Waals surface area contributed by atoms with Crippen molar-refractivity contribution in [3.8, 4) is 11.1 Å². The van der Waals surface area contributed by atoms with Crippen LogP contribution in [-0.2, 0) is 14.3 Å². The van der Waals surface area contributed by atoms with Crippen LogP contribution in [0.1, 0.15) is 64.0 Å². The van der Waals surface area contributed by atoms with Crippen LogP contribution in [0.2, 0.25) is 0 Å². The number of ether oxygens (including phenoxy) is 1. The van der Waals surface area contributed by atoms with E-state index >= 15 is 0 Å². The van der Waals surface area contributed by atoms with E-state index in [9.17, 15) is 19.5 Å². The van der Waals surface area contributed by atoms with Crippen molar-refractivity contribution < 1.29 is 24.2 Å². The van der Waals surface area contributed by atoms with Gasteiger partial charge in [0.15, 0.2) is 0 Å². The predicted molar refractivity (Wildman–Crippen MR) is 131 cm³/mol. The molecule has 7 nitrogen and oxygen atoms in total. The van der Waals surface area contributed by atoms with E-state index in [1.807, 2.05) is 31.2 Å². The Morgan fingerprint density at radius 2 is 1.62 bits per heavy atom. The maximum absolute atomic E-state index is 12.5. The zero-order valence-electron chi connectivity index (χ0n) is 20.3. The van der Waals surface area contributed by atoms with Gasteiger partial charge in [-0.25, -0.2) is 9.59 Å². The summed E-state index contributed by atoms with van der Waals surface area (Å²) in [6, 6.07) is 16.2. The van der Waals surface area contributed by atoms with Gasteiger partial charge in [-0.3, -0.25) is 4.79 Å². The van der Waals surface area contributed by atoms with Crippen molar-refractivity contribution in [1.29, 1.82) is 0 Å². The summed E-state index contributed by atoms with van der Waals surface area (Å²) in [4.78, 5) is 37.8. The minimum Gasteiger partial charge on any atom is -0.480 e. The van der Waals surface area contributed by atoms with Crippen molar-refractivity contribution in [3.05, 3.63) is 59.7 Å². The second kappa shape index (κ2) is 10.7. The summed E-state index contributed by atoms with van der Waals surface area (Å²) in [5.41, 5.74) is 3.42. The average Bonchev–Trinajstić information content (AvgIpc) is 3.11. The number of nitrogens with one attached hydrogen (secondary N) is 1. The standard InChI is InChI=1S/C27H34N2O5/c1-5-29(27(3,4)25(31)32)24(30)16-10-11-18(2)28-26(33)34-17-23-21-14-8-6-12-19(21)20-13-7-9-15-22(20)23/h6-9,12-15,18,23H,5,10-11,16-17H2,1-4H3,(H,28,33)(H,31,32). The third-order valence-electron chi connectivity index (χ3n) is 6.55. The average molecular weight is 467 g/mol. The van der Waals surface area contributed by atoms with Gasteiger partial charge in [0.25, 0.3) is 0 Å². The van der Waals surface area contributed by atoms with Crippen molar-refractivity contribution in [2.24, 2.45) is 0 Å². The summed E-state index contributed by atoms with van der Waals surface area (Å²) >= 11 is 0. The molecule has 0 aliphatic heterocycles. The molecule has 0 bridgehead atoms. The Morgan fingerprint density at radius 3 is 2.15 bits per heavy atom. The molecular weight excluding hydrogens is 432 g/mol. The van der Waals surface area contributed by atoms with Crippen LogP contribution in [-0.4, -0.2) is 52.7 Å². The molecule has 2 amide bonds. The predicted octanol–water partition coefficient (Wildman–Crippen LogP) is 4.80. The zero-order valence-corrected chi connectivity index (χ0v) is 20.3. The molecule has 2 aromatic carbocycles. The van der Waals surface area contributed by atoms with Gasteiger partial charge in [-0.2, -0.15) is 0 Å². The minimum absolute atomic E-state index is 0.00342. The Kier molecular flexibility index (Phi) is 7.97. The van der Waals surface area contributed by atoms with Crippen LogP contribution in [0, 0.1) is 0 Å². The van der Waals surface area contributed by atoms with Gasteiger partial charge >= 0.3 is 12.1 Å². The van der Waals surface area contributed by atoms with E-state index < -0.39 is 17.6 Å². The van der Waals surface area contributed by atoms with Crippen molar-refractivity contribution in [1.82, 2.24) is 10.2 Å². The number of carboxylic acids is 1. The van der Waals surface area contributed by atoms with Crippen LogP contribution in [0.5, 0.6) is 0 Å². The van der Waals surface area contributed by atoms with E-state index in [4.69, 9.17) is 4.74 Å². The number of carbonyl (C=O) groups is 3. The van der Waals surface area contributed by atoms with Gasteiger partial charge in [0.1, 0.15) is 12.1 Å². The summed E-state index contributed by atoms with van der Waals surface area (Å²) < 4.78 is 5.57. The van der Waals surface area contributed by atoms with E-state index in [1.165, 1.54) is 29.9 Å². The highest BCUT2D eigenvalue weighted by atomic mass is 16.5. The lowest BCUT2D eigenvalue weighted by atomic mass is 9.98. The number of alkyl carbamates (subject to hydrolysis) is 1. The number of hydrogen-bond acceptors (Lipinski definition) is 4. The lowest BCUT2D eigenvalue weighted by molar-refractivity contribution is -0.156. The monoisotopic (exact) mass is 466 g/mol. The quantitative estimate of drug-likeness (QED) is 0.525. The molecule has 1 aliphatic rings. The summed E-state index contributed by atoms with van der Waals surface area (Å²) in [5, 5.41) is 12.2. The number of fused-ring (bicyclic) bond motifs is 3. The Morgan fingerprint density at radius 1 is 1.06 bits per heavy atom. The third-order valence-corrected chi connectivity index (χ3v) is 6.55. The van der Waals surface area contributed by atoms with E-state index in [-0.39, 0.29) is 30.9 Å². The van der Waals surface area contributed by atoms with Gasteiger partial charge in [-0.15, -0.1) is 0 Å². The van der Waals surface area contributed by atoms with E-state index in [1.54, 1.807) is 6.92 Å². The normalized spacial score (nSPS) is 13.5. The van der Waals surface area contributed by atoms with E-state index in [0.717, 1.165) is 11.1 Å². The van der Waals surface area contributed by atoms with Crippen LogP contribution in [0.4, 0.5) is 4.79 Å². The first-order valence-electron chi connectivity index (χ1n) is 11.8. The molecule has 0 spiro atoms. The topological polar surface area (TPSA) is 95.9 Å². The fourth-order valence-electron chi connectivity index (χ4n) is 4.61. The van der Waals surface area contributed by atoms with Crippen LogP contribution in [0.15, 0.2) is 48.5 Å². The maximum atomic E-state index is 12.5. The highest BCUT2D eigenvalue weighted by Crippen LogP contribution is 2.44. The SMILES string of the molecule is CCN(C(=O)CCCC(C)NC(=O)OCC1c2ccccc2-c2ccccc21)C(C)(C)C(=O)O. The molecular formula is C27H34N2O5. The Bertz CT molecular complexity index is 1000. The molecule has 1 aliphatic carbocycles. The summed E-state index contributed by atoms with van der Waals surface area (Å²) in [5.74, 6) is -1.24. The highest BCUT2D eigenvalue weighted by molar-refractivity contribution is 5.86. The smallest absolute Gasteiger partial charge is 0.407 e. The molecule has 0 saturated heterocycles. The Labute approximate surface area is 201 Å². The summed E-state index contributed by atoms with van der Waals surface area (Å²) in [7, 11) is 0. The molecule has 0 heterocycles. The zero-order chi connectivity index (χ0) is 24.9. The molecule has 1 atom stereocenters. The number of benzene rings is 2. The first-order chi connectivity index (χ1) is 16.2. The molecule has 3 rings (SSSR count). The number of aliphatic carboxylic acids is 1. The number of hydrogen-bond donors (Lipinski definition) is 2. The molecule has 34 heavy (non-hydrogen) atoms. The van der Waals surface area contributed by atoms with Crippen LogP contribution < -0.4 is 5.32 Å². The third kappa shape index (κ3) is 5.41. The van der Waals surface area contributed by atoms with Gasteiger partial charge in [0.05, 0.1) is 0 Å². The van der Waals surface area contributed by atoms with Crippen molar-refractivity contribution in [2.75, 3.05) is 13.2 Å². The van der Waals surface area contributed by atoms with Crippen LogP contribution in [0.3, 0.4) is 0 Å². The molecule has 7 heteroatoms. The number of rotatable bonds is 10. The van der Waals surface area contributed by atoms with Crippen molar-refractivity contribution in [3.63, 3.8) is 0 Å². The minimum atomic E-state index is -1.25. The van der Waals surface area contributed by atoms with Crippen LogP contribution >= 0.6 is 0 Å². The molecule has 0 aromatic heterocycles. The lowest BCUT2D eigenvalue weighted by Gasteiger charge is -2.34. The fraction of sp³-hybridized carbons (Fsp3) is 0.444. The van der Waals surface area contributed by atoms with Crippen LogP contribution in [0.25, 0.3) is 11.1 Å². The molecule has 0 fully saturated rings. The van der Waals surface area contributed by atoms with Gasteiger partial charge < -0.3 is 20.1 Å². The molecule has 182 valence electrons. The second-order valence-corrected chi connectivity index (χ2v) is 9.27. The molecule has 2 aromatic rings. The largest absolute Gasteiger partial charge is 0.480 e. The molecule has 0 saturated carbocycles. The first-order valence-corrected chi connectivity index (χ1v) is 11.8. The summed E-state index contributed by atoms with van der Waals surface area (Å²) in [6.07, 6.45) is 0.862. The maximum Gasteiger partial charge on any atom is 0.407 e. The van der Waals surface area contributed by atoms with Crippen molar-refractivity contribution in [2.45, 2.75) is 64.5 Å². The number of nitrogens with zero attached hydrogens (tertiary/aromatic N) is 1. The Hall–Kier alpha value is -3.35. The van der Waals surface area contributed by atoms with E-state index in [0.29, 0.717) is 19.4 Å². The van der Waals surface area contributed by atoms with Gasteiger partial charge in [-0.1, -0.05) is 48.5 Å². The Balaban J connectivity index is 1.47. The van der Waals surface area contributed by atoms with Gasteiger partial charge in [0.2, 0.25) is 5.91 Å². The fourth-order valence-corrected chi connectivity index (χ4v) is 4.61. The number of carboxylic acid groups (broad SMARTS) is 1. The highest BCUT2D eigenvalue weighted by Gasteiger charge is 2.36. The van der Waals surface area contributed by atoms with E-state index in [2.05, 4.69) is 29.6 Å². The molecule has 2 N–H and O–H groups in total. The second-order valence-electron chi connectivity index (χ2n) is 9.27. The molecule has 1 unspecified atom stereocenters. The van der Waals surface area contributed by atoms with Gasteiger partial charge in [-0.05, 0) is 62.8 Å². The lowest BCUT2D eigenvalue weighted by Crippen LogP contribution is -2.52. The number of carbonyl (C=O) groups excluding carboxylic acids is 2.